The fourth-order valence-corrected chi connectivity index (χ4v) is 2.20. The fraction of sp³-hybridized carbons (Fsp3) is 0.533. The van der Waals surface area contributed by atoms with Crippen molar-refractivity contribution in [2.45, 2.75) is 44.4 Å². The molecule has 2 N–H and O–H groups in total. The summed E-state index contributed by atoms with van der Waals surface area (Å²) in [5.41, 5.74) is 6.83. The minimum atomic E-state index is -0.690. The Morgan fingerprint density at radius 1 is 1.26 bits per heavy atom. The molecule has 2 rings (SSSR count). The summed E-state index contributed by atoms with van der Waals surface area (Å²) in [5, 5.41) is 0. The predicted octanol–water partition coefficient (Wildman–Crippen LogP) is 2.02. The second-order valence-corrected chi connectivity index (χ2v) is 4.95. The van der Waals surface area contributed by atoms with Crippen molar-refractivity contribution in [2.24, 2.45) is 5.73 Å². The van der Waals surface area contributed by atoms with Gasteiger partial charge in [0.05, 0.1) is 13.2 Å². The van der Waals surface area contributed by atoms with E-state index in [1.54, 1.807) is 0 Å². The van der Waals surface area contributed by atoms with Crippen LogP contribution in [-0.4, -0.2) is 24.7 Å². The topological polar surface area (TPSA) is 61.5 Å². The largest absolute Gasteiger partial charge is 0.461 e. The van der Waals surface area contributed by atoms with E-state index in [1.165, 1.54) is 0 Å². The summed E-state index contributed by atoms with van der Waals surface area (Å²) in [6, 6.07) is 9.11. The lowest BCUT2D eigenvalue weighted by atomic mass is 10.2. The van der Waals surface area contributed by atoms with Gasteiger partial charge in [0.2, 0.25) is 0 Å². The third kappa shape index (κ3) is 4.65. The number of esters is 1. The molecule has 1 aliphatic rings. The third-order valence-electron chi connectivity index (χ3n) is 3.30. The van der Waals surface area contributed by atoms with E-state index in [9.17, 15) is 4.79 Å². The van der Waals surface area contributed by atoms with Gasteiger partial charge in [0.25, 0.3) is 0 Å². The summed E-state index contributed by atoms with van der Waals surface area (Å²) in [6.45, 7) is 0.658. The Labute approximate surface area is 113 Å². The molecule has 0 bridgehead atoms. The smallest absolute Gasteiger partial charge is 0.325 e. The van der Waals surface area contributed by atoms with Gasteiger partial charge in [-0.25, -0.2) is 0 Å². The molecule has 1 aromatic rings. The van der Waals surface area contributed by atoms with Crippen LogP contribution in [0.1, 0.15) is 31.2 Å². The third-order valence-corrected chi connectivity index (χ3v) is 3.30. The Hall–Kier alpha value is -1.39. The van der Waals surface area contributed by atoms with Crippen LogP contribution in [-0.2, 0) is 20.9 Å². The SMILES string of the molecule is N[C@@H](COCc1ccccc1)C(=O)OC1CCCC1. The first kappa shape index (κ1) is 14.0. The van der Waals surface area contributed by atoms with Gasteiger partial charge < -0.3 is 15.2 Å². The van der Waals surface area contributed by atoms with Gasteiger partial charge in [-0.2, -0.15) is 0 Å². The van der Waals surface area contributed by atoms with Crippen molar-refractivity contribution in [2.75, 3.05) is 6.61 Å². The number of nitrogens with two attached hydrogens (primary N) is 1. The first-order chi connectivity index (χ1) is 9.25. The number of carbonyl (C=O) groups is 1. The molecule has 4 nitrogen and oxygen atoms in total. The molecule has 0 unspecified atom stereocenters. The summed E-state index contributed by atoms with van der Waals surface area (Å²) in [7, 11) is 0. The van der Waals surface area contributed by atoms with Crippen molar-refractivity contribution in [3.63, 3.8) is 0 Å². The average Bonchev–Trinajstić information content (AvgIpc) is 2.92. The van der Waals surface area contributed by atoms with Crippen molar-refractivity contribution < 1.29 is 14.3 Å². The molecular weight excluding hydrogens is 242 g/mol. The number of hydrogen-bond acceptors (Lipinski definition) is 4. The summed E-state index contributed by atoms with van der Waals surface area (Å²) >= 11 is 0. The van der Waals surface area contributed by atoms with Crippen molar-refractivity contribution in [3.8, 4) is 0 Å². The maximum atomic E-state index is 11.7. The second kappa shape index (κ2) is 7.26. The van der Waals surface area contributed by atoms with Gasteiger partial charge in [0.15, 0.2) is 0 Å². The van der Waals surface area contributed by atoms with Crippen LogP contribution in [0.4, 0.5) is 0 Å². The van der Waals surface area contributed by atoms with Crippen LogP contribution in [0.2, 0.25) is 0 Å². The molecule has 0 spiro atoms. The highest BCUT2D eigenvalue weighted by Gasteiger charge is 2.23. The predicted molar refractivity (Wildman–Crippen MR) is 72.4 cm³/mol. The Balaban J connectivity index is 1.65. The maximum Gasteiger partial charge on any atom is 0.325 e. The molecule has 0 aromatic heterocycles. The van der Waals surface area contributed by atoms with Gasteiger partial charge in [-0.05, 0) is 31.2 Å². The number of benzene rings is 1. The summed E-state index contributed by atoms with van der Waals surface area (Å²) in [4.78, 5) is 11.7. The summed E-state index contributed by atoms with van der Waals surface area (Å²) < 4.78 is 10.8. The minimum absolute atomic E-state index is 0.0627. The van der Waals surface area contributed by atoms with Gasteiger partial charge in [-0.3, -0.25) is 4.79 Å². The van der Waals surface area contributed by atoms with Crippen LogP contribution in [0.15, 0.2) is 30.3 Å². The standard InChI is InChI=1S/C15H21NO3/c16-14(15(17)19-13-8-4-5-9-13)11-18-10-12-6-2-1-3-7-12/h1-3,6-7,13-14H,4-5,8-11,16H2/t14-/m0/s1. The lowest BCUT2D eigenvalue weighted by Crippen LogP contribution is -2.38. The zero-order valence-electron chi connectivity index (χ0n) is 11.1. The first-order valence-electron chi connectivity index (χ1n) is 6.83. The molecule has 0 heterocycles. The zero-order chi connectivity index (χ0) is 13.5. The molecule has 4 heteroatoms. The van der Waals surface area contributed by atoms with Crippen molar-refractivity contribution >= 4 is 5.97 Å². The summed E-state index contributed by atoms with van der Waals surface area (Å²) in [6.07, 6.45) is 4.26. The highest BCUT2D eigenvalue weighted by atomic mass is 16.5. The molecule has 1 atom stereocenters. The first-order valence-corrected chi connectivity index (χ1v) is 6.83. The van der Waals surface area contributed by atoms with Crippen LogP contribution in [0.25, 0.3) is 0 Å². The van der Waals surface area contributed by atoms with Gasteiger partial charge in [0.1, 0.15) is 12.1 Å². The van der Waals surface area contributed by atoms with Crippen LogP contribution >= 0.6 is 0 Å². The minimum Gasteiger partial charge on any atom is -0.461 e. The van der Waals surface area contributed by atoms with E-state index in [4.69, 9.17) is 15.2 Å². The second-order valence-electron chi connectivity index (χ2n) is 4.95. The van der Waals surface area contributed by atoms with Crippen LogP contribution < -0.4 is 5.73 Å². The Kier molecular flexibility index (Phi) is 5.36. The van der Waals surface area contributed by atoms with Gasteiger partial charge >= 0.3 is 5.97 Å². The lowest BCUT2D eigenvalue weighted by Gasteiger charge is -2.16. The van der Waals surface area contributed by atoms with E-state index in [2.05, 4.69) is 0 Å². The van der Waals surface area contributed by atoms with Crippen molar-refractivity contribution in [1.29, 1.82) is 0 Å². The number of carbonyl (C=O) groups excluding carboxylic acids is 1. The monoisotopic (exact) mass is 263 g/mol. The molecule has 19 heavy (non-hydrogen) atoms. The van der Waals surface area contributed by atoms with Crippen LogP contribution in [0.5, 0.6) is 0 Å². The molecule has 0 aliphatic heterocycles. The molecule has 0 amide bonds. The van der Waals surface area contributed by atoms with E-state index in [0.717, 1.165) is 31.2 Å². The molecule has 1 aromatic carbocycles. The highest BCUT2D eigenvalue weighted by molar-refractivity contribution is 5.75. The number of ether oxygens (including phenoxy) is 2. The van der Waals surface area contributed by atoms with Gasteiger partial charge in [-0.1, -0.05) is 30.3 Å². The Bertz CT molecular complexity index is 388. The molecule has 1 saturated carbocycles. The van der Waals surface area contributed by atoms with Crippen LogP contribution in [0, 0.1) is 0 Å². The van der Waals surface area contributed by atoms with E-state index in [1.807, 2.05) is 30.3 Å². The fourth-order valence-electron chi connectivity index (χ4n) is 2.20. The molecule has 0 radical (unpaired) electrons. The van der Waals surface area contributed by atoms with Crippen molar-refractivity contribution in [3.05, 3.63) is 35.9 Å². The number of hydrogen-bond donors (Lipinski definition) is 1. The van der Waals surface area contributed by atoms with E-state index in [0.29, 0.717) is 6.61 Å². The number of rotatable bonds is 6. The maximum absolute atomic E-state index is 11.7. The Morgan fingerprint density at radius 2 is 1.95 bits per heavy atom. The highest BCUT2D eigenvalue weighted by Crippen LogP contribution is 2.21. The van der Waals surface area contributed by atoms with E-state index >= 15 is 0 Å². The van der Waals surface area contributed by atoms with E-state index in [-0.39, 0.29) is 18.7 Å². The van der Waals surface area contributed by atoms with Crippen LogP contribution in [0.3, 0.4) is 0 Å². The quantitative estimate of drug-likeness (QED) is 0.798. The van der Waals surface area contributed by atoms with E-state index < -0.39 is 6.04 Å². The molecule has 1 aliphatic carbocycles. The normalized spacial score (nSPS) is 17.3. The summed E-state index contributed by atoms with van der Waals surface area (Å²) in [5.74, 6) is -0.347. The van der Waals surface area contributed by atoms with Gasteiger partial charge in [0, 0.05) is 0 Å². The molecule has 1 fully saturated rings. The molecular formula is C15H21NO3. The molecule has 0 saturated heterocycles. The molecule has 104 valence electrons. The zero-order valence-corrected chi connectivity index (χ0v) is 11.1. The van der Waals surface area contributed by atoms with Crippen molar-refractivity contribution in [1.82, 2.24) is 0 Å². The lowest BCUT2D eigenvalue weighted by molar-refractivity contribution is -0.152. The average molecular weight is 263 g/mol. The Morgan fingerprint density at radius 3 is 2.63 bits per heavy atom. The van der Waals surface area contributed by atoms with Gasteiger partial charge in [-0.15, -0.1) is 0 Å².